The number of piperazine rings is 1. The van der Waals surface area contributed by atoms with Crippen LogP contribution in [-0.2, 0) is 11.0 Å². The van der Waals surface area contributed by atoms with Crippen molar-refractivity contribution in [3.8, 4) is 11.4 Å². The lowest BCUT2D eigenvalue weighted by molar-refractivity contribution is 0.311. The molecular formula is C27H32FN7O2S. The molecule has 1 aliphatic rings. The molecule has 1 fully saturated rings. The first-order valence-corrected chi connectivity index (χ1v) is 13.7. The van der Waals surface area contributed by atoms with Gasteiger partial charge in [0.25, 0.3) is 0 Å². The van der Waals surface area contributed by atoms with Crippen molar-refractivity contribution in [3.63, 3.8) is 0 Å². The number of nitrogens with one attached hydrogen (secondary N) is 2. The van der Waals surface area contributed by atoms with Crippen LogP contribution in [-0.4, -0.2) is 69.2 Å². The molecule has 2 aromatic carbocycles. The molecule has 38 heavy (non-hydrogen) atoms. The van der Waals surface area contributed by atoms with E-state index in [4.69, 9.17) is 9.72 Å². The number of fused-ring (bicyclic) bond motifs is 1. The van der Waals surface area contributed by atoms with E-state index in [-0.39, 0.29) is 11.1 Å². The van der Waals surface area contributed by atoms with E-state index >= 15 is 4.39 Å². The van der Waals surface area contributed by atoms with Crippen molar-refractivity contribution in [2.45, 2.75) is 19.1 Å². The molecule has 0 saturated carbocycles. The summed E-state index contributed by atoms with van der Waals surface area (Å²) in [7, 11) is 2.49. The van der Waals surface area contributed by atoms with Gasteiger partial charge in [0, 0.05) is 72.7 Å². The van der Waals surface area contributed by atoms with Gasteiger partial charge in [-0.1, -0.05) is 0 Å². The van der Waals surface area contributed by atoms with Gasteiger partial charge in [-0.15, -0.1) is 0 Å². The molecule has 0 spiro atoms. The minimum absolute atomic E-state index is 0.0146. The van der Waals surface area contributed by atoms with E-state index in [9.17, 15) is 4.21 Å². The maximum Gasteiger partial charge on any atom is 0.229 e. The van der Waals surface area contributed by atoms with Crippen molar-refractivity contribution in [1.82, 2.24) is 19.4 Å². The first-order chi connectivity index (χ1) is 18.3. The number of benzene rings is 2. The van der Waals surface area contributed by atoms with Crippen molar-refractivity contribution in [2.75, 3.05) is 55.3 Å². The number of halogens is 1. The van der Waals surface area contributed by atoms with Crippen LogP contribution in [0.15, 0.2) is 54.9 Å². The molecule has 1 atom stereocenters. The van der Waals surface area contributed by atoms with E-state index < -0.39 is 11.0 Å². The van der Waals surface area contributed by atoms with Gasteiger partial charge in [-0.2, -0.15) is 4.98 Å². The second kappa shape index (κ2) is 11.0. The molecule has 2 N–H and O–H groups in total. The number of ether oxygens (including phenoxy) is 1. The molecule has 1 unspecified atom stereocenters. The molecule has 0 radical (unpaired) electrons. The van der Waals surface area contributed by atoms with Gasteiger partial charge in [0.15, 0.2) is 0 Å². The number of anilines is 4. The summed E-state index contributed by atoms with van der Waals surface area (Å²) in [5, 5.41) is 4.01. The average Bonchev–Trinajstić information content (AvgIpc) is 3.33. The van der Waals surface area contributed by atoms with Crippen LogP contribution in [0.25, 0.3) is 16.7 Å². The smallest absolute Gasteiger partial charge is 0.229 e. The topological polar surface area (TPSA) is 87.5 Å². The van der Waals surface area contributed by atoms with Crippen LogP contribution in [0.5, 0.6) is 5.75 Å². The summed E-state index contributed by atoms with van der Waals surface area (Å²) in [5.74, 6) is 0.517. The number of nitrogens with zero attached hydrogens (tertiary/aromatic N) is 5. The van der Waals surface area contributed by atoms with Crippen molar-refractivity contribution < 1.29 is 13.3 Å². The van der Waals surface area contributed by atoms with Crippen molar-refractivity contribution in [1.29, 1.82) is 0 Å². The molecule has 0 amide bonds. The molecule has 1 saturated heterocycles. The van der Waals surface area contributed by atoms with Crippen molar-refractivity contribution in [2.24, 2.45) is 0 Å². The van der Waals surface area contributed by atoms with Crippen molar-refractivity contribution in [3.05, 3.63) is 60.7 Å². The lowest BCUT2D eigenvalue weighted by Gasteiger charge is -2.34. The molecule has 1 aliphatic heterocycles. The fraction of sp³-hybridized carbons (Fsp3) is 0.333. The average molecular weight is 538 g/mol. The minimum atomic E-state index is -1.15. The number of methoxy groups -OCH3 is 1. The quantitative estimate of drug-likeness (QED) is 0.341. The Bertz CT molecular complexity index is 1450. The standard InChI is InChI=1S/C27H32FN7O2S/c1-18(2)38(36)32-20-5-7-21(8-6-20)35-10-9-19-17-29-27(31-26(19)35)30-23-15-22(28)24(16-25(23)37-4)34-13-11-33(3)12-14-34/h5-10,15-18,32H,11-14H2,1-4H3,(H,29,30,31). The van der Waals surface area contributed by atoms with Crippen LogP contribution >= 0.6 is 0 Å². The molecule has 0 bridgehead atoms. The summed E-state index contributed by atoms with van der Waals surface area (Å²) in [6, 6.07) is 12.7. The highest BCUT2D eigenvalue weighted by Crippen LogP contribution is 2.34. The third-order valence-electron chi connectivity index (χ3n) is 6.58. The monoisotopic (exact) mass is 537 g/mol. The highest BCUT2D eigenvalue weighted by molar-refractivity contribution is 7.86. The predicted molar refractivity (Wildman–Crippen MR) is 152 cm³/mol. The van der Waals surface area contributed by atoms with Crippen LogP contribution in [0.2, 0.25) is 0 Å². The van der Waals surface area contributed by atoms with Crippen LogP contribution in [0.1, 0.15) is 13.8 Å². The molecule has 2 aromatic heterocycles. The zero-order valence-corrected chi connectivity index (χ0v) is 22.8. The van der Waals surface area contributed by atoms with E-state index in [0.29, 0.717) is 28.7 Å². The summed E-state index contributed by atoms with van der Waals surface area (Å²) < 4.78 is 37.8. The fourth-order valence-corrected chi connectivity index (χ4v) is 4.93. The first-order valence-electron chi connectivity index (χ1n) is 12.5. The third-order valence-corrected chi connectivity index (χ3v) is 7.87. The van der Waals surface area contributed by atoms with E-state index in [1.165, 1.54) is 6.07 Å². The maximum absolute atomic E-state index is 15.2. The molecule has 4 aromatic rings. The highest BCUT2D eigenvalue weighted by atomic mass is 32.2. The Labute approximate surface area is 224 Å². The Balaban J connectivity index is 1.40. The zero-order valence-electron chi connectivity index (χ0n) is 21.9. The van der Waals surface area contributed by atoms with Crippen molar-refractivity contribution >= 4 is 45.0 Å². The Kier molecular flexibility index (Phi) is 7.48. The summed E-state index contributed by atoms with van der Waals surface area (Å²) in [6.45, 7) is 7.08. The van der Waals surface area contributed by atoms with Crippen LogP contribution in [0, 0.1) is 5.82 Å². The van der Waals surface area contributed by atoms with Gasteiger partial charge in [0.2, 0.25) is 5.95 Å². The fourth-order valence-electron chi connectivity index (χ4n) is 4.33. The molecule has 9 nitrogen and oxygen atoms in total. The Hall–Kier alpha value is -3.70. The number of rotatable bonds is 8. The van der Waals surface area contributed by atoms with Gasteiger partial charge in [0.1, 0.15) is 28.2 Å². The van der Waals surface area contributed by atoms with Gasteiger partial charge < -0.3 is 29.1 Å². The lowest BCUT2D eigenvalue weighted by Crippen LogP contribution is -2.44. The molecule has 200 valence electrons. The van der Waals surface area contributed by atoms with E-state index in [1.54, 1.807) is 19.4 Å². The second-order valence-electron chi connectivity index (χ2n) is 9.57. The molecule has 0 aliphatic carbocycles. The highest BCUT2D eigenvalue weighted by Gasteiger charge is 2.20. The predicted octanol–water partition coefficient (Wildman–Crippen LogP) is 4.55. The Morgan fingerprint density at radius 2 is 1.82 bits per heavy atom. The lowest BCUT2D eigenvalue weighted by atomic mass is 10.2. The number of hydrogen-bond donors (Lipinski definition) is 2. The van der Waals surface area contributed by atoms with E-state index in [1.807, 2.05) is 59.8 Å². The van der Waals surface area contributed by atoms with Gasteiger partial charge in [0.05, 0.1) is 18.5 Å². The molecular weight excluding hydrogens is 505 g/mol. The first kappa shape index (κ1) is 25.9. The summed E-state index contributed by atoms with van der Waals surface area (Å²) in [5.41, 5.74) is 3.35. The minimum Gasteiger partial charge on any atom is -0.494 e. The number of aromatic nitrogens is 3. The third kappa shape index (κ3) is 5.44. The second-order valence-corrected chi connectivity index (χ2v) is 11.3. The number of hydrogen-bond acceptors (Lipinski definition) is 7. The molecule has 5 rings (SSSR count). The van der Waals surface area contributed by atoms with Crippen LogP contribution in [0.3, 0.4) is 0 Å². The zero-order chi connectivity index (χ0) is 26.8. The van der Waals surface area contributed by atoms with E-state index in [0.717, 1.165) is 42.9 Å². The maximum atomic E-state index is 15.2. The Morgan fingerprint density at radius 1 is 1.08 bits per heavy atom. The van der Waals surface area contributed by atoms with Crippen LogP contribution < -0.4 is 19.7 Å². The Morgan fingerprint density at radius 3 is 2.50 bits per heavy atom. The molecule has 3 heterocycles. The van der Waals surface area contributed by atoms with Gasteiger partial charge in [-0.05, 0) is 51.2 Å². The summed E-state index contributed by atoms with van der Waals surface area (Å²) >= 11 is 0. The van der Waals surface area contributed by atoms with E-state index in [2.05, 4.69) is 27.0 Å². The van der Waals surface area contributed by atoms with Crippen LogP contribution in [0.4, 0.5) is 27.4 Å². The number of likely N-dealkylation sites (N-methyl/N-ethyl adjacent to an activating group) is 1. The molecule has 11 heteroatoms. The summed E-state index contributed by atoms with van der Waals surface area (Å²) in [6.07, 6.45) is 3.65. The summed E-state index contributed by atoms with van der Waals surface area (Å²) in [4.78, 5) is 13.4. The van der Waals surface area contributed by atoms with Gasteiger partial charge in [-0.25, -0.2) is 13.6 Å². The normalized spacial score (nSPS) is 15.2. The SMILES string of the molecule is COc1cc(N2CCN(C)CC2)c(F)cc1Nc1ncc2ccn(-c3ccc(NS(=O)C(C)C)cc3)c2n1. The van der Waals surface area contributed by atoms with Gasteiger partial charge >= 0.3 is 0 Å². The van der Waals surface area contributed by atoms with Gasteiger partial charge in [-0.3, -0.25) is 0 Å². The largest absolute Gasteiger partial charge is 0.494 e.